The molecule has 0 radical (unpaired) electrons. The predicted molar refractivity (Wildman–Crippen MR) is 74.0 cm³/mol. The molecule has 0 spiro atoms. The molecule has 98 valence electrons. The van der Waals surface area contributed by atoms with E-state index in [0.29, 0.717) is 10.0 Å². The van der Waals surface area contributed by atoms with Crippen LogP contribution in [0.15, 0.2) is 42.5 Å². The first-order chi connectivity index (χ1) is 9.08. The second-order valence-electron chi connectivity index (χ2n) is 3.90. The highest BCUT2D eigenvalue weighted by Crippen LogP contribution is 2.16. The van der Waals surface area contributed by atoms with Crippen LogP contribution >= 0.6 is 23.2 Å². The smallest absolute Gasteiger partial charge is 0.254 e. The minimum absolute atomic E-state index is 0.0837. The molecule has 0 aliphatic rings. The summed E-state index contributed by atoms with van der Waals surface area (Å²) in [5, 5.41) is 3.46. The van der Waals surface area contributed by atoms with Crippen LogP contribution in [0.25, 0.3) is 0 Å². The Hall–Kier alpha value is -1.58. The average molecular weight is 298 g/mol. The van der Waals surface area contributed by atoms with Crippen LogP contribution in [0.1, 0.15) is 15.9 Å². The van der Waals surface area contributed by atoms with Crippen molar-refractivity contribution in [1.29, 1.82) is 0 Å². The molecule has 19 heavy (non-hydrogen) atoms. The van der Waals surface area contributed by atoms with Crippen LogP contribution in [0.2, 0.25) is 10.0 Å². The van der Waals surface area contributed by atoms with Gasteiger partial charge in [0.1, 0.15) is 5.82 Å². The molecular formula is C14H10Cl2FNO. The number of rotatable bonds is 3. The SMILES string of the molecule is O=C(NCc1ccccc1Cl)c1cc(Cl)ccc1F. The Morgan fingerprint density at radius 3 is 2.63 bits per heavy atom. The summed E-state index contributed by atoms with van der Waals surface area (Å²) in [6.07, 6.45) is 0. The Balaban J connectivity index is 2.10. The van der Waals surface area contributed by atoms with E-state index in [-0.39, 0.29) is 12.1 Å². The predicted octanol–water partition coefficient (Wildman–Crippen LogP) is 4.06. The molecule has 0 saturated carbocycles. The zero-order chi connectivity index (χ0) is 13.8. The summed E-state index contributed by atoms with van der Waals surface area (Å²) in [6.45, 7) is 0.227. The molecule has 2 aromatic carbocycles. The Labute approximate surface area is 120 Å². The van der Waals surface area contributed by atoms with Crippen molar-refractivity contribution in [3.05, 3.63) is 69.5 Å². The fourth-order valence-electron chi connectivity index (χ4n) is 1.58. The highest BCUT2D eigenvalue weighted by Gasteiger charge is 2.12. The van der Waals surface area contributed by atoms with Gasteiger partial charge in [0.15, 0.2) is 0 Å². The molecule has 0 aliphatic carbocycles. The van der Waals surface area contributed by atoms with E-state index in [1.165, 1.54) is 12.1 Å². The number of nitrogens with one attached hydrogen (secondary N) is 1. The summed E-state index contributed by atoms with van der Waals surface area (Å²) in [4.78, 5) is 11.8. The molecule has 0 atom stereocenters. The zero-order valence-electron chi connectivity index (χ0n) is 9.79. The molecule has 0 unspecified atom stereocenters. The Morgan fingerprint density at radius 1 is 1.16 bits per heavy atom. The molecular weight excluding hydrogens is 288 g/mol. The second-order valence-corrected chi connectivity index (χ2v) is 4.74. The Morgan fingerprint density at radius 2 is 1.89 bits per heavy atom. The van der Waals surface area contributed by atoms with E-state index in [1.54, 1.807) is 18.2 Å². The lowest BCUT2D eigenvalue weighted by molar-refractivity contribution is 0.0947. The minimum Gasteiger partial charge on any atom is -0.348 e. The molecule has 1 N–H and O–H groups in total. The first-order valence-electron chi connectivity index (χ1n) is 5.54. The fraction of sp³-hybridized carbons (Fsp3) is 0.0714. The normalized spacial score (nSPS) is 10.3. The highest BCUT2D eigenvalue weighted by atomic mass is 35.5. The third-order valence-corrected chi connectivity index (χ3v) is 3.17. The summed E-state index contributed by atoms with van der Waals surface area (Å²) >= 11 is 11.7. The lowest BCUT2D eigenvalue weighted by Gasteiger charge is -2.08. The molecule has 0 heterocycles. The van der Waals surface area contributed by atoms with Gasteiger partial charge in [0.2, 0.25) is 0 Å². The van der Waals surface area contributed by atoms with Gasteiger partial charge in [0.25, 0.3) is 5.91 Å². The summed E-state index contributed by atoms with van der Waals surface area (Å²) in [7, 11) is 0. The van der Waals surface area contributed by atoms with E-state index in [1.807, 2.05) is 6.07 Å². The lowest BCUT2D eigenvalue weighted by Crippen LogP contribution is -2.24. The Kier molecular flexibility index (Phi) is 4.40. The first-order valence-corrected chi connectivity index (χ1v) is 6.30. The number of benzene rings is 2. The summed E-state index contributed by atoms with van der Waals surface area (Å²) < 4.78 is 13.5. The van der Waals surface area contributed by atoms with Crippen molar-refractivity contribution in [3.8, 4) is 0 Å². The number of hydrogen-bond donors (Lipinski definition) is 1. The van der Waals surface area contributed by atoms with Crippen molar-refractivity contribution < 1.29 is 9.18 Å². The van der Waals surface area contributed by atoms with Crippen LogP contribution in [0.5, 0.6) is 0 Å². The van der Waals surface area contributed by atoms with Crippen molar-refractivity contribution >= 4 is 29.1 Å². The third kappa shape index (κ3) is 3.46. The van der Waals surface area contributed by atoms with E-state index in [4.69, 9.17) is 23.2 Å². The summed E-state index contributed by atoms with van der Waals surface area (Å²) in [6, 6.07) is 11.0. The number of halogens is 3. The summed E-state index contributed by atoms with van der Waals surface area (Å²) in [5.74, 6) is -1.14. The van der Waals surface area contributed by atoms with E-state index < -0.39 is 11.7 Å². The van der Waals surface area contributed by atoms with Crippen LogP contribution in [0.4, 0.5) is 4.39 Å². The first kappa shape index (κ1) is 13.8. The molecule has 1 amide bonds. The highest BCUT2D eigenvalue weighted by molar-refractivity contribution is 6.31. The van der Waals surface area contributed by atoms with Crippen LogP contribution in [0, 0.1) is 5.82 Å². The van der Waals surface area contributed by atoms with Gasteiger partial charge in [-0.15, -0.1) is 0 Å². The second kappa shape index (κ2) is 6.04. The standard InChI is InChI=1S/C14H10Cl2FNO/c15-10-5-6-13(17)11(7-10)14(19)18-8-9-3-1-2-4-12(9)16/h1-7H,8H2,(H,18,19). The van der Waals surface area contributed by atoms with Gasteiger partial charge in [-0.3, -0.25) is 4.79 Å². The quantitative estimate of drug-likeness (QED) is 0.909. The van der Waals surface area contributed by atoms with Crippen molar-refractivity contribution in [2.45, 2.75) is 6.54 Å². The van der Waals surface area contributed by atoms with Gasteiger partial charge >= 0.3 is 0 Å². The minimum atomic E-state index is -0.610. The molecule has 2 rings (SSSR count). The van der Waals surface area contributed by atoms with Crippen molar-refractivity contribution in [2.75, 3.05) is 0 Å². The maximum absolute atomic E-state index is 13.5. The lowest BCUT2D eigenvalue weighted by atomic mass is 10.2. The number of carbonyl (C=O) groups excluding carboxylic acids is 1. The van der Waals surface area contributed by atoms with Gasteiger partial charge in [-0.2, -0.15) is 0 Å². The van der Waals surface area contributed by atoms with Gasteiger partial charge in [-0.1, -0.05) is 41.4 Å². The van der Waals surface area contributed by atoms with E-state index >= 15 is 0 Å². The van der Waals surface area contributed by atoms with Gasteiger partial charge in [0.05, 0.1) is 5.56 Å². The van der Waals surface area contributed by atoms with Crippen molar-refractivity contribution in [1.82, 2.24) is 5.32 Å². The number of amides is 1. The van der Waals surface area contributed by atoms with Gasteiger partial charge in [-0.25, -0.2) is 4.39 Å². The van der Waals surface area contributed by atoms with E-state index in [9.17, 15) is 9.18 Å². The fourth-order valence-corrected chi connectivity index (χ4v) is 1.96. The largest absolute Gasteiger partial charge is 0.348 e. The van der Waals surface area contributed by atoms with E-state index in [0.717, 1.165) is 11.6 Å². The van der Waals surface area contributed by atoms with Crippen molar-refractivity contribution in [3.63, 3.8) is 0 Å². The van der Waals surface area contributed by atoms with Crippen LogP contribution < -0.4 is 5.32 Å². The van der Waals surface area contributed by atoms with Crippen LogP contribution in [-0.4, -0.2) is 5.91 Å². The third-order valence-electron chi connectivity index (χ3n) is 2.57. The zero-order valence-corrected chi connectivity index (χ0v) is 11.3. The molecule has 0 aromatic heterocycles. The topological polar surface area (TPSA) is 29.1 Å². The average Bonchev–Trinajstić information content (AvgIpc) is 2.40. The molecule has 0 bridgehead atoms. The molecule has 5 heteroatoms. The van der Waals surface area contributed by atoms with E-state index in [2.05, 4.69) is 5.32 Å². The maximum Gasteiger partial charge on any atom is 0.254 e. The Bertz CT molecular complexity index is 616. The van der Waals surface area contributed by atoms with Gasteiger partial charge < -0.3 is 5.32 Å². The molecule has 0 saturated heterocycles. The molecule has 2 nitrogen and oxygen atoms in total. The molecule has 0 fully saturated rings. The molecule has 0 aliphatic heterocycles. The van der Waals surface area contributed by atoms with Gasteiger partial charge in [0, 0.05) is 16.6 Å². The van der Waals surface area contributed by atoms with Crippen LogP contribution in [-0.2, 0) is 6.54 Å². The maximum atomic E-state index is 13.5. The van der Waals surface area contributed by atoms with Crippen molar-refractivity contribution in [2.24, 2.45) is 0 Å². The van der Waals surface area contributed by atoms with Gasteiger partial charge in [-0.05, 0) is 29.8 Å². The summed E-state index contributed by atoms with van der Waals surface area (Å²) in [5.41, 5.74) is 0.680. The van der Waals surface area contributed by atoms with Crippen LogP contribution in [0.3, 0.4) is 0 Å². The molecule has 2 aromatic rings. The number of carbonyl (C=O) groups is 1. The monoisotopic (exact) mass is 297 g/mol. The number of hydrogen-bond acceptors (Lipinski definition) is 1.